The van der Waals surface area contributed by atoms with E-state index in [2.05, 4.69) is 31.0 Å². The summed E-state index contributed by atoms with van der Waals surface area (Å²) in [7, 11) is 0. The molecule has 1 N–H and O–H groups in total. The molecule has 70 valence electrons. The molecule has 0 spiro atoms. The second-order valence-corrected chi connectivity index (χ2v) is 2.90. The minimum atomic E-state index is 1.01. The Morgan fingerprint density at radius 2 is 2.08 bits per heavy atom. The lowest BCUT2D eigenvalue weighted by Crippen LogP contribution is -2.14. The maximum Gasteiger partial charge on any atom is 0.0134 e. The predicted molar refractivity (Wildman–Crippen MR) is 56.3 cm³/mol. The topological polar surface area (TPSA) is 12.0 Å². The highest BCUT2D eigenvalue weighted by Gasteiger charge is 1.81. The van der Waals surface area contributed by atoms with E-state index in [1.807, 2.05) is 6.08 Å². The summed E-state index contributed by atoms with van der Waals surface area (Å²) in [5.74, 6) is 0. The highest BCUT2D eigenvalue weighted by molar-refractivity contribution is 4.85. The van der Waals surface area contributed by atoms with Crippen LogP contribution in [-0.2, 0) is 0 Å². The third kappa shape index (κ3) is 9.44. The minimum Gasteiger partial charge on any atom is -0.313 e. The Balaban J connectivity index is 2.97. The van der Waals surface area contributed by atoms with Crippen LogP contribution in [0.3, 0.4) is 0 Å². The van der Waals surface area contributed by atoms with Crippen LogP contribution in [0.25, 0.3) is 0 Å². The first-order valence-electron chi connectivity index (χ1n) is 4.88. The van der Waals surface area contributed by atoms with Gasteiger partial charge in [-0.15, -0.1) is 6.58 Å². The molecule has 12 heavy (non-hydrogen) atoms. The van der Waals surface area contributed by atoms with Gasteiger partial charge in [-0.3, -0.25) is 0 Å². The third-order valence-corrected chi connectivity index (χ3v) is 1.67. The Morgan fingerprint density at radius 1 is 1.25 bits per heavy atom. The van der Waals surface area contributed by atoms with Crippen LogP contribution in [0.15, 0.2) is 24.8 Å². The fraction of sp³-hybridized carbons (Fsp3) is 0.636. The van der Waals surface area contributed by atoms with E-state index < -0.39 is 0 Å². The molecule has 0 heterocycles. The molecule has 0 aromatic carbocycles. The second-order valence-electron chi connectivity index (χ2n) is 2.90. The van der Waals surface area contributed by atoms with Crippen LogP contribution in [0.4, 0.5) is 0 Å². The van der Waals surface area contributed by atoms with E-state index in [1.165, 1.54) is 12.8 Å². The zero-order chi connectivity index (χ0) is 9.07. The van der Waals surface area contributed by atoms with E-state index in [1.54, 1.807) is 0 Å². The molecule has 0 aliphatic rings. The molecule has 0 bridgehead atoms. The number of hydrogen-bond acceptors (Lipinski definition) is 1. The van der Waals surface area contributed by atoms with Crippen molar-refractivity contribution in [2.75, 3.05) is 13.1 Å². The lowest BCUT2D eigenvalue weighted by atomic mass is 10.3. The molecule has 1 heteroatoms. The zero-order valence-electron chi connectivity index (χ0n) is 8.18. The van der Waals surface area contributed by atoms with Gasteiger partial charge in [0.2, 0.25) is 0 Å². The van der Waals surface area contributed by atoms with Crippen LogP contribution in [-0.4, -0.2) is 13.1 Å². The maximum atomic E-state index is 3.67. The SMILES string of the molecule is C=CCC/C=C/CNCCCC. The molecule has 0 aromatic heterocycles. The summed E-state index contributed by atoms with van der Waals surface area (Å²) in [4.78, 5) is 0. The average molecular weight is 167 g/mol. The van der Waals surface area contributed by atoms with Gasteiger partial charge in [0.1, 0.15) is 0 Å². The quantitative estimate of drug-likeness (QED) is 0.433. The molecule has 0 atom stereocenters. The number of allylic oxidation sites excluding steroid dienone is 2. The van der Waals surface area contributed by atoms with Crippen LogP contribution in [0, 0.1) is 0 Å². The Kier molecular flexibility index (Phi) is 9.95. The molecule has 0 amide bonds. The normalized spacial score (nSPS) is 10.8. The molecule has 0 aliphatic heterocycles. The number of hydrogen-bond donors (Lipinski definition) is 1. The fourth-order valence-corrected chi connectivity index (χ4v) is 0.902. The number of rotatable bonds is 8. The van der Waals surface area contributed by atoms with Crippen molar-refractivity contribution in [3.05, 3.63) is 24.8 Å². The van der Waals surface area contributed by atoms with Crippen molar-refractivity contribution < 1.29 is 0 Å². The molecule has 0 saturated heterocycles. The van der Waals surface area contributed by atoms with Gasteiger partial charge in [0.05, 0.1) is 0 Å². The van der Waals surface area contributed by atoms with Crippen molar-refractivity contribution in [3.8, 4) is 0 Å². The molecule has 0 radical (unpaired) electrons. The van der Waals surface area contributed by atoms with Gasteiger partial charge in [-0.05, 0) is 25.8 Å². The highest BCUT2D eigenvalue weighted by Crippen LogP contribution is 1.90. The molecular formula is C11H21N. The summed E-state index contributed by atoms with van der Waals surface area (Å²) in [6.45, 7) is 8.03. The van der Waals surface area contributed by atoms with Crippen LogP contribution in [0.5, 0.6) is 0 Å². The molecule has 0 fully saturated rings. The lowest BCUT2D eigenvalue weighted by molar-refractivity contribution is 0.680. The Morgan fingerprint density at radius 3 is 2.75 bits per heavy atom. The van der Waals surface area contributed by atoms with Crippen molar-refractivity contribution in [2.45, 2.75) is 32.6 Å². The van der Waals surface area contributed by atoms with E-state index in [4.69, 9.17) is 0 Å². The van der Waals surface area contributed by atoms with Gasteiger partial charge in [-0.2, -0.15) is 0 Å². The van der Waals surface area contributed by atoms with Crippen LogP contribution in [0.1, 0.15) is 32.6 Å². The molecule has 0 aromatic rings. The van der Waals surface area contributed by atoms with E-state index in [-0.39, 0.29) is 0 Å². The van der Waals surface area contributed by atoms with Crippen LogP contribution in [0.2, 0.25) is 0 Å². The van der Waals surface area contributed by atoms with E-state index in [0.717, 1.165) is 25.9 Å². The third-order valence-electron chi connectivity index (χ3n) is 1.67. The van der Waals surface area contributed by atoms with Gasteiger partial charge in [0, 0.05) is 6.54 Å². The smallest absolute Gasteiger partial charge is 0.0134 e. The molecule has 1 nitrogen and oxygen atoms in total. The van der Waals surface area contributed by atoms with Crippen molar-refractivity contribution in [2.24, 2.45) is 0 Å². The molecule has 0 saturated carbocycles. The van der Waals surface area contributed by atoms with Gasteiger partial charge in [-0.25, -0.2) is 0 Å². The summed E-state index contributed by atoms with van der Waals surface area (Å²) in [6.07, 6.45) is 11.1. The van der Waals surface area contributed by atoms with Gasteiger partial charge in [0.15, 0.2) is 0 Å². The van der Waals surface area contributed by atoms with Crippen molar-refractivity contribution in [1.82, 2.24) is 5.32 Å². The first kappa shape index (κ1) is 11.4. The monoisotopic (exact) mass is 167 g/mol. The lowest BCUT2D eigenvalue weighted by Gasteiger charge is -1.97. The predicted octanol–water partition coefficient (Wildman–Crippen LogP) is 2.90. The van der Waals surface area contributed by atoms with Crippen LogP contribution >= 0.6 is 0 Å². The van der Waals surface area contributed by atoms with E-state index in [0.29, 0.717) is 0 Å². The van der Waals surface area contributed by atoms with Crippen molar-refractivity contribution >= 4 is 0 Å². The van der Waals surface area contributed by atoms with Gasteiger partial charge in [-0.1, -0.05) is 31.6 Å². The Bertz CT molecular complexity index is 116. The second kappa shape index (κ2) is 10.4. The highest BCUT2D eigenvalue weighted by atomic mass is 14.8. The summed E-state index contributed by atoms with van der Waals surface area (Å²) in [6, 6.07) is 0. The van der Waals surface area contributed by atoms with Crippen LogP contribution < -0.4 is 5.32 Å². The van der Waals surface area contributed by atoms with Gasteiger partial charge in [0.25, 0.3) is 0 Å². The summed E-state index contributed by atoms with van der Waals surface area (Å²) >= 11 is 0. The Hall–Kier alpha value is -0.560. The average Bonchev–Trinajstić information content (AvgIpc) is 2.10. The van der Waals surface area contributed by atoms with E-state index in [9.17, 15) is 0 Å². The summed E-state index contributed by atoms with van der Waals surface area (Å²) in [5, 5.41) is 3.35. The Labute approximate surface area is 76.6 Å². The zero-order valence-corrected chi connectivity index (χ0v) is 8.18. The molecule has 0 unspecified atom stereocenters. The largest absolute Gasteiger partial charge is 0.313 e. The molecule has 0 rings (SSSR count). The van der Waals surface area contributed by atoms with E-state index >= 15 is 0 Å². The first-order valence-corrected chi connectivity index (χ1v) is 4.88. The fourth-order valence-electron chi connectivity index (χ4n) is 0.902. The summed E-state index contributed by atoms with van der Waals surface area (Å²) in [5.41, 5.74) is 0. The minimum absolute atomic E-state index is 1.01. The molecule has 0 aliphatic carbocycles. The number of unbranched alkanes of at least 4 members (excludes halogenated alkanes) is 2. The van der Waals surface area contributed by atoms with Gasteiger partial charge >= 0.3 is 0 Å². The summed E-state index contributed by atoms with van der Waals surface area (Å²) < 4.78 is 0. The van der Waals surface area contributed by atoms with Crippen molar-refractivity contribution in [1.29, 1.82) is 0 Å². The number of nitrogens with one attached hydrogen (secondary N) is 1. The first-order chi connectivity index (χ1) is 5.91. The van der Waals surface area contributed by atoms with Gasteiger partial charge < -0.3 is 5.32 Å². The van der Waals surface area contributed by atoms with Crippen molar-refractivity contribution in [3.63, 3.8) is 0 Å². The standard InChI is InChI=1S/C11H21N/c1-3-5-7-8-9-11-12-10-6-4-2/h3,8-9,12H,1,4-7,10-11H2,2H3/b9-8+. The maximum absolute atomic E-state index is 3.67. The molecular weight excluding hydrogens is 146 g/mol.